The Morgan fingerprint density at radius 2 is 2.05 bits per heavy atom. The molecule has 2 heterocycles. The first-order valence-electron chi connectivity index (χ1n) is 6.32. The van der Waals surface area contributed by atoms with E-state index in [2.05, 4.69) is 5.32 Å². The number of benzene rings is 1. The zero-order valence-corrected chi connectivity index (χ0v) is 11.0. The second-order valence-electron chi connectivity index (χ2n) is 4.90. The lowest BCUT2D eigenvalue weighted by atomic mass is 9.87. The highest BCUT2D eigenvalue weighted by Gasteiger charge is 2.43. The minimum Gasteiger partial charge on any atom is -0.469 e. The maximum absolute atomic E-state index is 14.0. The molecule has 1 fully saturated rings. The SMILES string of the molecule is Cc1occc1C(=O)NC1(c2ccccc2F)COC1. The van der Waals surface area contributed by atoms with E-state index in [0.29, 0.717) is 16.9 Å². The number of hydrogen-bond acceptors (Lipinski definition) is 3. The van der Waals surface area contributed by atoms with Gasteiger partial charge in [0.15, 0.2) is 0 Å². The molecule has 1 aromatic carbocycles. The fourth-order valence-electron chi connectivity index (χ4n) is 2.36. The van der Waals surface area contributed by atoms with E-state index >= 15 is 0 Å². The third-order valence-electron chi connectivity index (χ3n) is 3.54. The van der Waals surface area contributed by atoms with Crippen molar-refractivity contribution in [3.63, 3.8) is 0 Å². The molecule has 1 amide bonds. The number of furan rings is 1. The molecular weight excluding hydrogens is 261 g/mol. The smallest absolute Gasteiger partial charge is 0.255 e. The van der Waals surface area contributed by atoms with Gasteiger partial charge >= 0.3 is 0 Å². The van der Waals surface area contributed by atoms with Crippen molar-refractivity contribution in [2.75, 3.05) is 13.2 Å². The Morgan fingerprint density at radius 3 is 2.60 bits per heavy atom. The van der Waals surface area contributed by atoms with E-state index in [9.17, 15) is 9.18 Å². The van der Waals surface area contributed by atoms with Crippen LogP contribution in [0, 0.1) is 12.7 Å². The molecular formula is C15H14FNO3. The third-order valence-corrected chi connectivity index (χ3v) is 3.54. The number of aryl methyl sites for hydroxylation is 1. The van der Waals surface area contributed by atoms with E-state index in [1.54, 1.807) is 31.2 Å². The first-order chi connectivity index (χ1) is 9.62. The Labute approximate surface area is 115 Å². The van der Waals surface area contributed by atoms with Crippen LogP contribution < -0.4 is 5.32 Å². The van der Waals surface area contributed by atoms with Crippen molar-refractivity contribution in [2.45, 2.75) is 12.5 Å². The van der Waals surface area contributed by atoms with E-state index in [-0.39, 0.29) is 24.9 Å². The van der Waals surface area contributed by atoms with Crippen LogP contribution in [-0.2, 0) is 10.3 Å². The summed E-state index contributed by atoms with van der Waals surface area (Å²) in [4.78, 5) is 12.3. The standard InChI is InChI=1S/C15H14FNO3/c1-10-11(6-7-20-10)14(18)17-15(8-19-9-15)12-4-2-3-5-13(12)16/h2-7H,8-9H2,1H3,(H,17,18). The Kier molecular flexibility index (Phi) is 3.06. The molecule has 0 saturated carbocycles. The lowest BCUT2D eigenvalue weighted by Crippen LogP contribution is -2.59. The fourth-order valence-corrected chi connectivity index (χ4v) is 2.36. The van der Waals surface area contributed by atoms with Crippen molar-refractivity contribution in [3.05, 3.63) is 59.3 Å². The quantitative estimate of drug-likeness (QED) is 0.935. The predicted octanol–water partition coefficient (Wildman–Crippen LogP) is 2.38. The van der Waals surface area contributed by atoms with E-state index in [0.717, 1.165) is 0 Å². The maximum atomic E-state index is 14.0. The molecule has 4 nitrogen and oxygen atoms in total. The summed E-state index contributed by atoms with van der Waals surface area (Å²) in [5, 5.41) is 2.87. The highest BCUT2D eigenvalue weighted by molar-refractivity contribution is 5.95. The van der Waals surface area contributed by atoms with Gasteiger partial charge in [-0.15, -0.1) is 0 Å². The molecule has 1 aliphatic rings. The van der Waals surface area contributed by atoms with Gasteiger partial charge in [-0.05, 0) is 19.1 Å². The van der Waals surface area contributed by atoms with Crippen molar-refractivity contribution in [2.24, 2.45) is 0 Å². The number of carbonyl (C=O) groups is 1. The molecule has 0 unspecified atom stereocenters. The molecule has 20 heavy (non-hydrogen) atoms. The molecule has 5 heteroatoms. The average molecular weight is 275 g/mol. The van der Waals surface area contributed by atoms with Crippen LogP contribution in [0.2, 0.25) is 0 Å². The van der Waals surface area contributed by atoms with Gasteiger partial charge in [0.1, 0.15) is 17.1 Å². The molecule has 0 radical (unpaired) electrons. The van der Waals surface area contributed by atoms with E-state index < -0.39 is 5.54 Å². The largest absolute Gasteiger partial charge is 0.469 e. The summed E-state index contributed by atoms with van der Waals surface area (Å²) in [5.41, 5.74) is 0.0972. The van der Waals surface area contributed by atoms with Crippen LogP contribution in [0.3, 0.4) is 0 Å². The van der Waals surface area contributed by atoms with Crippen molar-refractivity contribution < 1.29 is 18.3 Å². The summed E-state index contributed by atoms with van der Waals surface area (Å²) in [7, 11) is 0. The Hall–Kier alpha value is -2.14. The van der Waals surface area contributed by atoms with Crippen molar-refractivity contribution in [3.8, 4) is 0 Å². The molecule has 104 valence electrons. The Bertz CT molecular complexity index is 646. The summed E-state index contributed by atoms with van der Waals surface area (Å²) in [6.45, 7) is 2.23. The molecule has 1 aromatic heterocycles. The highest BCUT2D eigenvalue weighted by atomic mass is 19.1. The number of carbonyl (C=O) groups excluding carboxylic acids is 1. The monoisotopic (exact) mass is 275 g/mol. The molecule has 0 aliphatic carbocycles. The molecule has 0 bridgehead atoms. The van der Waals surface area contributed by atoms with Gasteiger partial charge in [0.05, 0.1) is 25.0 Å². The summed E-state index contributed by atoms with van der Waals surface area (Å²) >= 11 is 0. The van der Waals surface area contributed by atoms with Gasteiger partial charge in [0, 0.05) is 5.56 Å². The van der Waals surface area contributed by atoms with E-state index in [1.165, 1.54) is 12.3 Å². The highest BCUT2D eigenvalue weighted by Crippen LogP contribution is 2.32. The molecule has 1 saturated heterocycles. The van der Waals surface area contributed by atoms with E-state index in [4.69, 9.17) is 9.15 Å². The summed E-state index contributed by atoms with van der Waals surface area (Å²) < 4.78 is 24.3. The summed E-state index contributed by atoms with van der Waals surface area (Å²) in [6, 6.07) is 8.01. The molecule has 1 aliphatic heterocycles. The van der Waals surface area contributed by atoms with Crippen LogP contribution in [0.25, 0.3) is 0 Å². The van der Waals surface area contributed by atoms with Gasteiger partial charge in [0.25, 0.3) is 5.91 Å². The van der Waals surface area contributed by atoms with Gasteiger partial charge in [-0.3, -0.25) is 4.79 Å². The number of ether oxygens (including phenoxy) is 1. The second kappa shape index (κ2) is 4.76. The predicted molar refractivity (Wildman–Crippen MR) is 69.8 cm³/mol. The third kappa shape index (κ3) is 2.00. The van der Waals surface area contributed by atoms with Crippen molar-refractivity contribution in [1.29, 1.82) is 0 Å². The lowest BCUT2D eigenvalue weighted by Gasteiger charge is -2.42. The Balaban J connectivity index is 1.90. The minimum absolute atomic E-state index is 0.260. The van der Waals surface area contributed by atoms with Gasteiger partial charge in [-0.25, -0.2) is 4.39 Å². The molecule has 1 N–H and O–H groups in total. The molecule has 0 atom stereocenters. The molecule has 0 spiro atoms. The minimum atomic E-state index is -0.799. The van der Waals surface area contributed by atoms with E-state index in [1.807, 2.05) is 0 Å². The number of hydrogen-bond donors (Lipinski definition) is 1. The summed E-state index contributed by atoms with van der Waals surface area (Å²) in [5.74, 6) is -0.103. The van der Waals surface area contributed by atoms with Crippen LogP contribution in [0.5, 0.6) is 0 Å². The fraction of sp³-hybridized carbons (Fsp3) is 0.267. The first kappa shape index (κ1) is 12.9. The second-order valence-corrected chi connectivity index (χ2v) is 4.90. The van der Waals surface area contributed by atoms with Crippen LogP contribution in [0.4, 0.5) is 4.39 Å². The van der Waals surface area contributed by atoms with Gasteiger partial charge in [0.2, 0.25) is 0 Å². The first-order valence-corrected chi connectivity index (χ1v) is 6.32. The van der Waals surface area contributed by atoms with Gasteiger partial charge < -0.3 is 14.5 Å². The van der Waals surface area contributed by atoms with Crippen molar-refractivity contribution in [1.82, 2.24) is 5.32 Å². The van der Waals surface area contributed by atoms with Crippen LogP contribution in [0.1, 0.15) is 21.7 Å². The Morgan fingerprint density at radius 1 is 1.30 bits per heavy atom. The normalized spacial score (nSPS) is 16.5. The maximum Gasteiger partial charge on any atom is 0.255 e. The van der Waals surface area contributed by atoms with Crippen LogP contribution >= 0.6 is 0 Å². The number of rotatable bonds is 3. The van der Waals surface area contributed by atoms with Crippen molar-refractivity contribution >= 4 is 5.91 Å². The average Bonchev–Trinajstić information content (AvgIpc) is 2.81. The number of halogens is 1. The lowest BCUT2D eigenvalue weighted by molar-refractivity contribution is -0.0749. The topological polar surface area (TPSA) is 51.5 Å². The van der Waals surface area contributed by atoms with Crippen LogP contribution in [-0.4, -0.2) is 19.1 Å². The van der Waals surface area contributed by atoms with Crippen LogP contribution in [0.15, 0.2) is 41.0 Å². The van der Waals surface area contributed by atoms with Gasteiger partial charge in [-0.1, -0.05) is 18.2 Å². The molecule has 3 rings (SSSR count). The zero-order valence-electron chi connectivity index (χ0n) is 11.0. The number of nitrogens with one attached hydrogen (secondary N) is 1. The zero-order chi connectivity index (χ0) is 14.2. The number of amides is 1. The molecule has 2 aromatic rings. The summed E-state index contributed by atoms with van der Waals surface area (Å²) in [6.07, 6.45) is 1.46. The van der Waals surface area contributed by atoms with Gasteiger partial charge in [-0.2, -0.15) is 0 Å².